The number of benzene rings is 1. The van der Waals surface area contributed by atoms with Crippen molar-refractivity contribution in [1.29, 1.82) is 0 Å². The molecular weight excluding hydrogens is 300 g/mol. The monoisotopic (exact) mass is 320 g/mol. The average Bonchev–Trinajstić information content (AvgIpc) is 2.91. The number of amides is 1. The minimum Gasteiger partial charge on any atom is -0.348 e. The van der Waals surface area contributed by atoms with Crippen LogP contribution < -0.4 is 10.6 Å². The molecule has 1 aliphatic rings. The first-order chi connectivity index (χ1) is 10.2. The first-order valence-corrected chi connectivity index (χ1v) is 7.38. The second-order valence-electron chi connectivity index (χ2n) is 5.42. The van der Waals surface area contributed by atoms with Gasteiger partial charge in [0.15, 0.2) is 5.69 Å². The lowest BCUT2D eigenvalue weighted by atomic mass is 10.1. The molecule has 0 atom stereocenters. The van der Waals surface area contributed by atoms with Crippen LogP contribution in [-0.4, -0.2) is 34.8 Å². The highest BCUT2D eigenvalue weighted by Crippen LogP contribution is 2.12. The molecule has 2 aromatic rings. The molecule has 0 unspecified atom stereocenters. The molecule has 0 radical (unpaired) electrons. The Labute approximate surface area is 136 Å². The van der Waals surface area contributed by atoms with Gasteiger partial charge in [-0.05, 0) is 51.1 Å². The molecule has 0 aliphatic carbocycles. The Hall–Kier alpha value is -1.85. The predicted octanol–water partition coefficient (Wildman–Crippen LogP) is 2.08. The summed E-state index contributed by atoms with van der Waals surface area (Å²) >= 11 is 0. The van der Waals surface area contributed by atoms with Crippen LogP contribution in [0.1, 0.15) is 29.0 Å². The van der Waals surface area contributed by atoms with Gasteiger partial charge in [-0.15, -0.1) is 12.4 Å². The molecule has 1 fully saturated rings. The van der Waals surface area contributed by atoms with E-state index < -0.39 is 0 Å². The Morgan fingerprint density at radius 2 is 1.95 bits per heavy atom. The molecular formula is C16H21ClN4O. The number of hydrogen-bond acceptors (Lipinski definition) is 3. The number of piperidine rings is 1. The van der Waals surface area contributed by atoms with E-state index in [1.54, 1.807) is 4.68 Å². The van der Waals surface area contributed by atoms with Gasteiger partial charge >= 0.3 is 0 Å². The molecule has 1 aromatic heterocycles. The van der Waals surface area contributed by atoms with Gasteiger partial charge < -0.3 is 10.6 Å². The maximum Gasteiger partial charge on any atom is 0.272 e. The molecule has 0 saturated carbocycles. The van der Waals surface area contributed by atoms with Crippen molar-refractivity contribution in [2.45, 2.75) is 25.8 Å². The first kappa shape index (κ1) is 16.5. The number of nitrogens with zero attached hydrogens (tertiary/aromatic N) is 2. The van der Waals surface area contributed by atoms with E-state index in [2.05, 4.69) is 15.7 Å². The van der Waals surface area contributed by atoms with Gasteiger partial charge in [0.2, 0.25) is 0 Å². The summed E-state index contributed by atoms with van der Waals surface area (Å²) in [6, 6.07) is 11.9. The topological polar surface area (TPSA) is 59.0 Å². The smallest absolute Gasteiger partial charge is 0.272 e. The third kappa shape index (κ3) is 3.67. The van der Waals surface area contributed by atoms with Crippen LogP contribution in [0.5, 0.6) is 0 Å². The maximum atomic E-state index is 12.3. The lowest BCUT2D eigenvalue weighted by Crippen LogP contribution is -2.42. The Morgan fingerprint density at radius 1 is 1.27 bits per heavy atom. The summed E-state index contributed by atoms with van der Waals surface area (Å²) in [5.41, 5.74) is 2.41. The molecule has 118 valence electrons. The molecule has 2 N–H and O–H groups in total. The normalized spacial score (nSPS) is 15.1. The van der Waals surface area contributed by atoms with Gasteiger partial charge in [-0.25, -0.2) is 4.68 Å². The zero-order valence-corrected chi connectivity index (χ0v) is 13.4. The van der Waals surface area contributed by atoms with Crippen LogP contribution >= 0.6 is 12.4 Å². The lowest BCUT2D eigenvalue weighted by molar-refractivity contribution is 0.0924. The fourth-order valence-corrected chi connectivity index (χ4v) is 2.64. The highest BCUT2D eigenvalue weighted by molar-refractivity contribution is 5.92. The van der Waals surface area contributed by atoms with Gasteiger partial charge in [-0.1, -0.05) is 18.2 Å². The third-order valence-electron chi connectivity index (χ3n) is 3.80. The Morgan fingerprint density at radius 3 is 2.64 bits per heavy atom. The molecule has 5 nitrogen and oxygen atoms in total. The fourth-order valence-electron chi connectivity index (χ4n) is 2.64. The number of nitrogens with one attached hydrogen (secondary N) is 2. The number of carbonyl (C=O) groups is 1. The Balaban J connectivity index is 0.00000176. The fraction of sp³-hybridized carbons (Fsp3) is 0.375. The van der Waals surface area contributed by atoms with Crippen molar-refractivity contribution in [3.8, 4) is 5.69 Å². The number of carbonyl (C=O) groups excluding carboxylic acids is 1. The molecule has 1 amide bonds. The molecule has 1 aliphatic heterocycles. The second-order valence-corrected chi connectivity index (χ2v) is 5.42. The highest BCUT2D eigenvalue weighted by Gasteiger charge is 2.19. The molecule has 0 spiro atoms. The van der Waals surface area contributed by atoms with Crippen LogP contribution in [0.3, 0.4) is 0 Å². The average molecular weight is 321 g/mol. The number of halogens is 1. The van der Waals surface area contributed by atoms with E-state index in [0.717, 1.165) is 37.3 Å². The van der Waals surface area contributed by atoms with Crippen molar-refractivity contribution < 1.29 is 4.79 Å². The number of aromatic nitrogens is 2. The quantitative estimate of drug-likeness (QED) is 0.910. The zero-order chi connectivity index (χ0) is 14.7. The summed E-state index contributed by atoms with van der Waals surface area (Å²) in [6.07, 6.45) is 1.95. The number of rotatable bonds is 3. The lowest BCUT2D eigenvalue weighted by Gasteiger charge is -2.23. The summed E-state index contributed by atoms with van der Waals surface area (Å²) in [7, 11) is 0. The summed E-state index contributed by atoms with van der Waals surface area (Å²) in [5, 5.41) is 10.8. The van der Waals surface area contributed by atoms with Crippen molar-refractivity contribution in [3.63, 3.8) is 0 Å². The van der Waals surface area contributed by atoms with Gasteiger partial charge in [0.25, 0.3) is 5.91 Å². The molecule has 22 heavy (non-hydrogen) atoms. The van der Waals surface area contributed by atoms with Gasteiger partial charge in [0.1, 0.15) is 0 Å². The van der Waals surface area contributed by atoms with Gasteiger partial charge in [0.05, 0.1) is 5.69 Å². The highest BCUT2D eigenvalue weighted by atomic mass is 35.5. The van der Waals surface area contributed by atoms with Crippen molar-refractivity contribution in [2.75, 3.05) is 13.1 Å². The Bertz CT molecular complexity index is 620. The number of hydrogen-bond donors (Lipinski definition) is 2. The summed E-state index contributed by atoms with van der Waals surface area (Å²) in [5.74, 6) is -0.0836. The van der Waals surface area contributed by atoms with Crippen LogP contribution in [0.4, 0.5) is 0 Å². The van der Waals surface area contributed by atoms with Crippen LogP contribution in [0.15, 0.2) is 36.4 Å². The van der Waals surface area contributed by atoms with E-state index in [1.165, 1.54) is 0 Å². The minimum atomic E-state index is -0.0836. The van der Waals surface area contributed by atoms with E-state index in [4.69, 9.17) is 0 Å². The van der Waals surface area contributed by atoms with Crippen molar-refractivity contribution in [2.24, 2.45) is 0 Å². The zero-order valence-electron chi connectivity index (χ0n) is 12.6. The van der Waals surface area contributed by atoms with Gasteiger partial charge in [0, 0.05) is 11.7 Å². The molecule has 6 heteroatoms. The predicted molar refractivity (Wildman–Crippen MR) is 88.9 cm³/mol. The first-order valence-electron chi connectivity index (χ1n) is 7.38. The molecule has 0 bridgehead atoms. The number of aryl methyl sites for hydroxylation is 1. The standard InChI is InChI=1S/C16H20N4O.ClH/c1-12-11-15(16(21)18-13-7-9-17-10-8-13)19-20(12)14-5-3-2-4-6-14;/h2-6,11,13,17H,7-10H2,1H3,(H,18,21);1H. The third-order valence-corrected chi connectivity index (χ3v) is 3.80. The number of para-hydroxylation sites is 1. The van der Waals surface area contributed by atoms with Crippen LogP contribution in [0.2, 0.25) is 0 Å². The van der Waals surface area contributed by atoms with E-state index in [0.29, 0.717) is 5.69 Å². The summed E-state index contributed by atoms with van der Waals surface area (Å²) < 4.78 is 1.80. The van der Waals surface area contributed by atoms with Gasteiger partial charge in [-0.2, -0.15) is 5.10 Å². The van der Waals surface area contributed by atoms with Crippen molar-refractivity contribution in [3.05, 3.63) is 47.8 Å². The minimum absolute atomic E-state index is 0. The summed E-state index contributed by atoms with van der Waals surface area (Å²) in [6.45, 7) is 3.88. The van der Waals surface area contributed by atoms with E-state index in [1.807, 2.05) is 43.3 Å². The van der Waals surface area contributed by atoms with Crippen LogP contribution in [-0.2, 0) is 0 Å². The largest absolute Gasteiger partial charge is 0.348 e. The van der Waals surface area contributed by atoms with Crippen molar-refractivity contribution >= 4 is 18.3 Å². The van der Waals surface area contributed by atoms with E-state index in [-0.39, 0.29) is 24.4 Å². The molecule has 1 aromatic carbocycles. The summed E-state index contributed by atoms with van der Waals surface area (Å²) in [4.78, 5) is 12.3. The van der Waals surface area contributed by atoms with Crippen LogP contribution in [0, 0.1) is 6.92 Å². The second kappa shape index (κ2) is 7.42. The van der Waals surface area contributed by atoms with E-state index >= 15 is 0 Å². The molecule has 3 rings (SSSR count). The maximum absolute atomic E-state index is 12.3. The SMILES string of the molecule is Cc1cc(C(=O)NC2CCNCC2)nn1-c1ccccc1.Cl. The van der Waals surface area contributed by atoms with E-state index in [9.17, 15) is 4.79 Å². The van der Waals surface area contributed by atoms with Gasteiger partial charge in [-0.3, -0.25) is 4.79 Å². The van der Waals surface area contributed by atoms with Crippen LogP contribution in [0.25, 0.3) is 5.69 Å². The molecule has 1 saturated heterocycles. The molecule has 2 heterocycles. The van der Waals surface area contributed by atoms with Crippen molar-refractivity contribution in [1.82, 2.24) is 20.4 Å². The Kier molecular flexibility index (Phi) is 5.57.